The molecule has 2 amide bonds. The minimum absolute atomic E-state index is 0.0280. The van der Waals surface area contributed by atoms with Gasteiger partial charge in [0.25, 0.3) is 0 Å². The van der Waals surface area contributed by atoms with Crippen LogP contribution in [0.25, 0.3) is 0 Å². The second-order valence-electron chi connectivity index (χ2n) is 9.81. The first-order valence-electron chi connectivity index (χ1n) is 10.4. The second-order valence-corrected chi connectivity index (χ2v) is 9.81. The molecule has 3 atom stereocenters. The average Bonchev–Trinajstić information content (AvgIpc) is 2.58. The van der Waals surface area contributed by atoms with Gasteiger partial charge in [-0.1, -0.05) is 41.0 Å². The molecule has 0 spiro atoms. The Balaban J connectivity index is 0. The molecule has 0 aromatic rings. The van der Waals surface area contributed by atoms with Gasteiger partial charge >= 0.3 is 5.97 Å². The lowest BCUT2D eigenvalue weighted by Crippen LogP contribution is -2.50. The largest absolute Gasteiger partial charge is 0.481 e. The molecule has 0 saturated heterocycles. The molecule has 0 radical (unpaired) electrons. The minimum atomic E-state index is -0.910. The molecule has 8 nitrogen and oxygen atoms in total. The molecule has 0 heterocycles. The Hall–Kier alpha value is -1.67. The summed E-state index contributed by atoms with van der Waals surface area (Å²) >= 11 is 0. The zero-order chi connectivity index (χ0) is 24.4. The number of nitrogens with two attached hydrogens (primary N) is 1. The number of methoxy groups -OCH3 is 1. The maximum Gasteiger partial charge on any atom is 0.306 e. The second kappa shape index (κ2) is 12.9. The number of primary amides is 1. The number of hydrogen-bond acceptors (Lipinski definition) is 5. The van der Waals surface area contributed by atoms with Crippen LogP contribution in [0.5, 0.6) is 0 Å². The van der Waals surface area contributed by atoms with Gasteiger partial charge in [-0.15, -0.1) is 0 Å². The highest BCUT2D eigenvalue weighted by Crippen LogP contribution is 2.25. The molecule has 3 unspecified atom stereocenters. The van der Waals surface area contributed by atoms with Gasteiger partial charge in [0, 0.05) is 20.6 Å². The number of aliphatic carboxylic acids is 1. The Morgan fingerprint density at radius 2 is 1.53 bits per heavy atom. The third-order valence-electron chi connectivity index (χ3n) is 5.53. The quantitative estimate of drug-likeness (QED) is 0.550. The predicted molar refractivity (Wildman–Crippen MR) is 120 cm³/mol. The van der Waals surface area contributed by atoms with Gasteiger partial charge in [-0.25, -0.2) is 0 Å². The summed E-state index contributed by atoms with van der Waals surface area (Å²) in [7, 11) is 6.90. The summed E-state index contributed by atoms with van der Waals surface area (Å²) in [5.74, 6) is -1.01. The smallest absolute Gasteiger partial charge is 0.306 e. The van der Waals surface area contributed by atoms with E-state index < -0.39 is 17.6 Å². The molecule has 0 fully saturated rings. The maximum atomic E-state index is 12.4. The number of carboxylic acids is 1. The number of carbonyl (C=O) groups is 3. The van der Waals surface area contributed by atoms with Crippen molar-refractivity contribution in [2.75, 3.05) is 28.3 Å². The van der Waals surface area contributed by atoms with E-state index in [2.05, 4.69) is 0 Å². The fourth-order valence-corrected chi connectivity index (χ4v) is 2.72. The van der Waals surface area contributed by atoms with E-state index in [9.17, 15) is 14.4 Å². The van der Waals surface area contributed by atoms with Crippen molar-refractivity contribution in [3.63, 3.8) is 0 Å². The van der Waals surface area contributed by atoms with Crippen LogP contribution >= 0.6 is 0 Å². The van der Waals surface area contributed by atoms with E-state index in [0.29, 0.717) is 6.42 Å². The van der Waals surface area contributed by atoms with Crippen molar-refractivity contribution < 1.29 is 24.2 Å². The van der Waals surface area contributed by atoms with Crippen molar-refractivity contribution in [1.29, 1.82) is 0 Å². The Morgan fingerprint density at radius 1 is 1.07 bits per heavy atom. The molecule has 0 rings (SSSR count). The third kappa shape index (κ3) is 10.9. The van der Waals surface area contributed by atoms with Crippen LogP contribution in [0.4, 0.5) is 0 Å². The van der Waals surface area contributed by atoms with Gasteiger partial charge in [0.2, 0.25) is 11.8 Å². The van der Waals surface area contributed by atoms with E-state index in [1.165, 1.54) is 7.11 Å². The lowest BCUT2D eigenvalue weighted by molar-refractivity contribution is -0.146. The van der Waals surface area contributed by atoms with E-state index in [1.807, 2.05) is 48.7 Å². The number of amides is 2. The van der Waals surface area contributed by atoms with Gasteiger partial charge in [-0.3, -0.25) is 19.3 Å². The highest BCUT2D eigenvalue weighted by atomic mass is 16.5. The first kappa shape index (κ1) is 30.5. The van der Waals surface area contributed by atoms with Gasteiger partial charge in [0.1, 0.15) is 0 Å². The summed E-state index contributed by atoms with van der Waals surface area (Å²) < 4.78 is 5.37. The lowest BCUT2D eigenvalue weighted by atomic mass is 9.88. The molecule has 30 heavy (non-hydrogen) atoms. The summed E-state index contributed by atoms with van der Waals surface area (Å²) in [5, 5.41) is 9.04. The normalized spacial score (nSPS) is 14.9. The van der Waals surface area contributed by atoms with Crippen molar-refractivity contribution in [1.82, 2.24) is 9.80 Å². The number of carboxylic acid groups (broad SMARTS) is 1. The number of likely N-dealkylation sites (N-methyl/N-ethyl adjacent to an activating group) is 2. The average molecular weight is 432 g/mol. The topological polar surface area (TPSA) is 113 Å². The van der Waals surface area contributed by atoms with E-state index in [1.54, 1.807) is 30.7 Å². The lowest BCUT2D eigenvalue weighted by Gasteiger charge is -2.38. The molecule has 178 valence electrons. The molecular formula is C22H45N3O5. The molecule has 0 aromatic carbocycles. The number of rotatable bonds is 10. The summed E-state index contributed by atoms with van der Waals surface area (Å²) in [4.78, 5) is 37.6. The van der Waals surface area contributed by atoms with E-state index in [0.717, 1.165) is 6.42 Å². The van der Waals surface area contributed by atoms with Crippen molar-refractivity contribution in [3.8, 4) is 0 Å². The zero-order valence-electron chi connectivity index (χ0n) is 20.9. The summed E-state index contributed by atoms with van der Waals surface area (Å²) in [6.45, 7) is 13.7. The summed E-state index contributed by atoms with van der Waals surface area (Å²) in [6, 6.07) is -0.231. The molecule has 0 bridgehead atoms. The van der Waals surface area contributed by atoms with Crippen molar-refractivity contribution in [3.05, 3.63) is 0 Å². The number of hydrogen-bond donors (Lipinski definition) is 2. The number of nitrogens with zero attached hydrogens (tertiary/aromatic N) is 2. The van der Waals surface area contributed by atoms with Crippen molar-refractivity contribution >= 4 is 17.8 Å². The van der Waals surface area contributed by atoms with Gasteiger partial charge < -0.3 is 20.5 Å². The van der Waals surface area contributed by atoms with Crippen LogP contribution in [-0.2, 0) is 19.1 Å². The molecule has 8 heteroatoms. The number of carbonyl (C=O) groups excluding carboxylic acids is 2. The highest BCUT2D eigenvalue weighted by molar-refractivity contribution is 5.83. The Labute approximate surface area is 183 Å². The Bertz CT molecular complexity index is 555. The Kier molecular flexibility index (Phi) is 13.1. The molecule has 0 aromatic heterocycles. The van der Waals surface area contributed by atoms with Crippen LogP contribution < -0.4 is 5.73 Å². The third-order valence-corrected chi connectivity index (χ3v) is 5.53. The van der Waals surface area contributed by atoms with Crippen LogP contribution in [0, 0.1) is 11.3 Å². The predicted octanol–water partition coefficient (Wildman–Crippen LogP) is 2.60. The van der Waals surface area contributed by atoms with Crippen LogP contribution in [0.3, 0.4) is 0 Å². The van der Waals surface area contributed by atoms with Gasteiger partial charge in [0.05, 0.1) is 24.1 Å². The van der Waals surface area contributed by atoms with Crippen molar-refractivity contribution in [2.24, 2.45) is 17.1 Å². The van der Waals surface area contributed by atoms with E-state index >= 15 is 0 Å². The maximum absolute atomic E-state index is 12.4. The van der Waals surface area contributed by atoms with Crippen LogP contribution in [0.2, 0.25) is 0 Å². The van der Waals surface area contributed by atoms with Crippen LogP contribution in [0.1, 0.15) is 67.7 Å². The van der Waals surface area contributed by atoms with Gasteiger partial charge in [-0.2, -0.15) is 0 Å². The molecule has 0 saturated carbocycles. The fraction of sp³-hybridized carbons (Fsp3) is 0.864. The molecular weight excluding hydrogens is 386 g/mol. The van der Waals surface area contributed by atoms with E-state index in [4.69, 9.17) is 15.6 Å². The first-order valence-corrected chi connectivity index (χ1v) is 10.4. The number of ether oxygens (including phenoxy) is 1. The summed E-state index contributed by atoms with van der Waals surface area (Å²) in [6.07, 6.45) is 0.696. The van der Waals surface area contributed by atoms with E-state index in [-0.39, 0.29) is 35.6 Å². The fourth-order valence-electron chi connectivity index (χ4n) is 2.72. The van der Waals surface area contributed by atoms with Crippen LogP contribution in [0.15, 0.2) is 0 Å². The van der Waals surface area contributed by atoms with Crippen LogP contribution in [-0.4, -0.2) is 78.6 Å². The zero-order valence-corrected chi connectivity index (χ0v) is 20.9. The van der Waals surface area contributed by atoms with Gasteiger partial charge in [0.15, 0.2) is 0 Å². The minimum Gasteiger partial charge on any atom is -0.481 e. The Morgan fingerprint density at radius 3 is 1.77 bits per heavy atom. The molecule has 0 aliphatic carbocycles. The standard InChI is InChI=1S/C16H31NO4.C6H14N2O/c1-8-11(2)15(12(21-7)9-14(19)20)17(6)13(18)10-16(3,4)5;1-6(2,5(7)9)8(3)4/h11-12,15H,8-10H2,1-7H3,(H,19,20);1-4H3,(H2,7,9). The first-order chi connectivity index (χ1) is 13.4. The highest BCUT2D eigenvalue weighted by Gasteiger charge is 2.34. The SMILES string of the molecule is CCC(C)C(C(CC(=O)O)OC)N(C)C(=O)CC(C)(C)C.CN(C)C(C)(C)C(N)=O. The molecule has 0 aliphatic heterocycles. The van der Waals surface area contributed by atoms with Crippen molar-refractivity contribution in [2.45, 2.75) is 85.4 Å². The summed E-state index contributed by atoms with van der Waals surface area (Å²) in [5.41, 5.74) is 4.47. The van der Waals surface area contributed by atoms with Gasteiger partial charge in [-0.05, 0) is 39.3 Å². The molecule has 0 aliphatic rings. The molecule has 3 N–H and O–H groups in total. The monoisotopic (exact) mass is 431 g/mol.